The maximum atomic E-state index is 13.7. The highest BCUT2D eigenvalue weighted by Crippen LogP contribution is 2.20. The Morgan fingerprint density at radius 2 is 1.51 bits per heavy atom. The Balaban J connectivity index is 2.16. The number of para-hydroxylation sites is 1. The average molecular weight is 502 g/mol. The monoisotopic (exact) mass is 501 g/mol. The van der Waals surface area contributed by atoms with Crippen LogP contribution in [0.25, 0.3) is 0 Å². The first kappa shape index (κ1) is 28.7. The number of hydrogen-bond donors (Lipinski definition) is 2. The van der Waals surface area contributed by atoms with Gasteiger partial charge in [-0.05, 0) is 37.5 Å². The van der Waals surface area contributed by atoms with E-state index in [2.05, 4.69) is 24.5 Å². The predicted octanol–water partition coefficient (Wildman–Crippen LogP) is 6.64. The molecule has 2 aromatic rings. The van der Waals surface area contributed by atoms with Crippen LogP contribution in [0.15, 0.2) is 54.6 Å². The number of nitrogens with zero attached hydrogens (tertiary/aromatic N) is 1. The molecule has 6 nitrogen and oxygen atoms in total. The van der Waals surface area contributed by atoms with Gasteiger partial charge in [-0.2, -0.15) is 0 Å². The standard InChI is InChI=1S/C28H40ClN3O3/c1-4-6-13-19-32(20-14-7-5-2)27(33)26(22(3)35-21-23-15-9-8-10-16-23)31-28(34)30-25-18-12-11-17-24(25)29/h8-12,15-18,22,26H,4-7,13-14,19-21H2,1-3H3,(H2,30,31,34)/t22-,26+/m0/s1. The summed E-state index contributed by atoms with van der Waals surface area (Å²) in [5.41, 5.74) is 1.49. The lowest BCUT2D eigenvalue weighted by Crippen LogP contribution is -2.55. The largest absolute Gasteiger partial charge is 0.371 e. The number of halogens is 1. The first-order valence-corrected chi connectivity index (χ1v) is 13.1. The summed E-state index contributed by atoms with van der Waals surface area (Å²) in [5, 5.41) is 6.05. The van der Waals surface area contributed by atoms with E-state index in [1.807, 2.05) is 42.2 Å². The summed E-state index contributed by atoms with van der Waals surface area (Å²) >= 11 is 6.20. The Labute approximate surface area is 215 Å². The van der Waals surface area contributed by atoms with E-state index < -0.39 is 18.2 Å². The molecule has 35 heavy (non-hydrogen) atoms. The minimum Gasteiger partial charge on any atom is -0.371 e. The van der Waals surface area contributed by atoms with Gasteiger partial charge in [0.15, 0.2) is 0 Å². The fourth-order valence-corrected chi connectivity index (χ4v) is 3.96. The van der Waals surface area contributed by atoms with Crippen LogP contribution in [0, 0.1) is 0 Å². The zero-order chi connectivity index (χ0) is 25.5. The molecule has 7 heteroatoms. The van der Waals surface area contributed by atoms with E-state index in [0.717, 1.165) is 44.1 Å². The second-order valence-corrected chi connectivity index (χ2v) is 9.20. The van der Waals surface area contributed by atoms with Crippen molar-refractivity contribution >= 4 is 29.2 Å². The summed E-state index contributed by atoms with van der Waals surface area (Å²) in [5.74, 6) is -0.118. The summed E-state index contributed by atoms with van der Waals surface area (Å²) in [7, 11) is 0. The Morgan fingerprint density at radius 1 is 0.914 bits per heavy atom. The van der Waals surface area contributed by atoms with E-state index in [4.69, 9.17) is 16.3 Å². The molecule has 0 bridgehead atoms. The molecule has 2 atom stereocenters. The number of amides is 3. The van der Waals surface area contributed by atoms with Gasteiger partial charge in [0.05, 0.1) is 23.4 Å². The van der Waals surface area contributed by atoms with Crippen LogP contribution in [-0.4, -0.2) is 42.1 Å². The number of nitrogens with one attached hydrogen (secondary N) is 2. The normalized spacial score (nSPS) is 12.6. The van der Waals surface area contributed by atoms with Crippen LogP contribution in [0.3, 0.4) is 0 Å². The maximum absolute atomic E-state index is 13.7. The van der Waals surface area contributed by atoms with Gasteiger partial charge in [-0.1, -0.05) is 93.6 Å². The van der Waals surface area contributed by atoms with E-state index in [-0.39, 0.29) is 5.91 Å². The van der Waals surface area contributed by atoms with Crippen molar-refractivity contribution in [2.75, 3.05) is 18.4 Å². The van der Waals surface area contributed by atoms with E-state index >= 15 is 0 Å². The van der Waals surface area contributed by atoms with Crippen molar-refractivity contribution in [2.24, 2.45) is 0 Å². The number of anilines is 1. The molecule has 2 N–H and O–H groups in total. The smallest absolute Gasteiger partial charge is 0.320 e. The molecule has 0 aliphatic heterocycles. The SMILES string of the molecule is CCCCCN(CCCCC)C(=O)[C@H](NC(=O)Nc1ccccc1Cl)[C@H](C)OCc1ccccc1. The lowest BCUT2D eigenvalue weighted by atomic mass is 10.1. The quantitative estimate of drug-likeness (QED) is 0.268. The Bertz CT molecular complexity index is 884. The molecule has 0 unspecified atom stereocenters. The second kappa shape index (κ2) is 16.2. The number of rotatable bonds is 15. The molecule has 0 saturated carbocycles. The highest BCUT2D eigenvalue weighted by Gasteiger charge is 2.31. The third-order valence-corrected chi connectivity index (χ3v) is 6.20. The Morgan fingerprint density at radius 3 is 2.11 bits per heavy atom. The fourth-order valence-electron chi connectivity index (χ4n) is 3.77. The zero-order valence-electron chi connectivity index (χ0n) is 21.3. The Hall–Kier alpha value is -2.57. The average Bonchev–Trinajstić information content (AvgIpc) is 2.86. The van der Waals surface area contributed by atoms with Gasteiger partial charge >= 0.3 is 6.03 Å². The van der Waals surface area contributed by atoms with Crippen LogP contribution >= 0.6 is 11.6 Å². The van der Waals surface area contributed by atoms with Gasteiger partial charge < -0.3 is 20.3 Å². The van der Waals surface area contributed by atoms with E-state index in [1.54, 1.807) is 24.3 Å². The van der Waals surface area contributed by atoms with Crippen LogP contribution in [0.1, 0.15) is 64.9 Å². The Kier molecular flexibility index (Phi) is 13.2. The van der Waals surface area contributed by atoms with Crippen LogP contribution < -0.4 is 10.6 Å². The molecule has 0 saturated heterocycles. The first-order valence-electron chi connectivity index (χ1n) is 12.7. The summed E-state index contributed by atoms with van der Waals surface area (Å²) < 4.78 is 6.07. The van der Waals surface area contributed by atoms with Crippen LogP contribution in [0.4, 0.5) is 10.5 Å². The molecule has 2 aromatic carbocycles. The van der Waals surface area contributed by atoms with Crippen molar-refractivity contribution in [3.8, 4) is 0 Å². The molecule has 0 aromatic heterocycles. The predicted molar refractivity (Wildman–Crippen MR) is 144 cm³/mol. The number of hydrogen-bond acceptors (Lipinski definition) is 3. The number of benzene rings is 2. The van der Waals surface area contributed by atoms with E-state index in [0.29, 0.717) is 30.4 Å². The number of urea groups is 1. The lowest BCUT2D eigenvalue weighted by molar-refractivity contribution is -0.137. The van der Waals surface area contributed by atoms with Crippen molar-refractivity contribution in [1.29, 1.82) is 0 Å². The molecule has 0 aliphatic rings. The minimum atomic E-state index is -0.829. The molecular weight excluding hydrogens is 462 g/mol. The van der Waals surface area contributed by atoms with Crippen molar-refractivity contribution in [2.45, 2.75) is 78.0 Å². The van der Waals surface area contributed by atoms with Crippen LogP contribution in [0.5, 0.6) is 0 Å². The molecule has 2 rings (SSSR count). The van der Waals surface area contributed by atoms with Crippen molar-refractivity contribution in [1.82, 2.24) is 10.2 Å². The fraction of sp³-hybridized carbons (Fsp3) is 0.500. The van der Waals surface area contributed by atoms with Gasteiger partial charge in [-0.25, -0.2) is 4.79 Å². The lowest BCUT2D eigenvalue weighted by Gasteiger charge is -2.31. The van der Waals surface area contributed by atoms with Gasteiger partial charge in [0.25, 0.3) is 0 Å². The van der Waals surface area contributed by atoms with Gasteiger partial charge in [0.2, 0.25) is 5.91 Å². The number of ether oxygens (including phenoxy) is 1. The van der Waals surface area contributed by atoms with Gasteiger partial charge in [0, 0.05) is 13.1 Å². The molecule has 0 aliphatic carbocycles. The van der Waals surface area contributed by atoms with Gasteiger partial charge in [-0.15, -0.1) is 0 Å². The molecule has 0 heterocycles. The van der Waals surface area contributed by atoms with Crippen molar-refractivity contribution in [3.05, 3.63) is 65.2 Å². The maximum Gasteiger partial charge on any atom is 0.320 e. The third-order valence-electron chi connectivity index (χ3n) is 5.87. The van der Waals surface area contributed by atoms with Crippen molar-refractivity contribution in [3.63, 3.8) is 0 Å². The topological polar surface area (TPSA) is 70.7 Å². The summed E-state index contributed by atoms with van der Waals surface area (Å²) in [6.07, 6.45) is 5.62. The zero-order valence-corrected chi connectivity index (χ0v) is 22.0. The summed E-state index contributed by atoms with van der Waals surface area (Å²) in [6, 6.07) is 15.5. The summed E-state index contributed by atoms with van der Waals surface area (Å²) in [4.78, 5) is 28.5. The van der Waals surface area contributed by atoms with E-state index in [1.165, 1.54) is 0 Å². The minimum absolute atomic E-state index is 0.118. The van der Waals surface area contributed by atoms with E-state index in [9.17, 15) is 9.59 Å². The van der Waals surface area contributed by atoms with Crippen LogP contribution in [0.2, 0.25) is 5.02 Å². The van der Waals surface area contributed by atoms with Gasteiger partial charge in [-0.3, -0.25) is 4.79 Å². The van der Waals surface area contributed by atoms with Crippen molar-refractivity contribution < 1.29 is 14.3 Å². The van der Waals surface area contributed by atoms with Crippen LogP contribution in [-0.2, 0) is 16.1 Å². The highest BCUT2D eigenvalue weighted by atomic mass is 35.5. The number of carbonyl (C=O) groups is 2. The third kappa shape index (κ3) is 10.3. The highest BCUT2D eigenvalue weighted by molar-refractivity contribution is 6.33. The molecule has 192 valence electrons. The number of unbranched alkanes of at least 4 members (excludes halogenated alkanes) is 4. The first-order chi connectivity index (χ1) is 17.0. The summed E-state index contributed by atoms with van der Waals surface area (Å²) in [6.45, 7) is 7.82. The number of carbonyl (C=O) groups excluding carboxylic acids is 2. The van der Waals surface area contributed by atoms with Gasteiger partial charge in [0.1, 0.15) is 6.04 Å². The molecular formula is C28H40ClN3O3. The molecule has 0 fully saturated rings. The molecule has 0 radical (unpaired) electrons. The second-order valence-electron chi connectivity index (χ2n) is 8.80. The molecule has 0 spiro atoms. The molecule has 3 amide bonds.